The molecule has 7 heteroatoms. The second-order valence-electron chi connectivity index (χ2n) is 7.13. The first kappa shape index (κ1) is 19.8. The van der Waals surface area contributed by atoms with Crippen LogP contribution in [0.25, 0.3) is 0 Å². The van der Waals surface area contributed by atoms with E-state index in [2.05, 4.69) is 22.5 Å². The minimum absolute atomic E-state index is 0.0144. The van der Waals surface area contributed by atoms with E-state index in [0.29, 0.717) is 13.1 Å². The second-order valence-corrected chi connectivity index (χ2v) is 7.13. The van der Waals surface area contributed by atoms with Crippen molar-refractivity contribution in [3.05, 3.63) is 64.1 Å². The van der Waals surface area contributed by atoms with Crippen LogP contribution in [-0.2, 0) is 21.5 Å². The topological polar surface area (TPSA) is 90.3 Å². The van der Waals surface area contributed by atoms with E-state index >= 15 is 0 Å². The van der Waals surface area contributed by atoms with Crippen LogP contribution in [0.15, 0.2) is 47.3 Å². The molecule has 1 aliphatic rings. The number of hydrogen-bond acceptors (Lipinski definition) is 5. The van der Waals surface area contributed by atoms with E-state index in [9.17, 15) is 14.4 Å². The quantitative estimate of drug-likeness (QED) is 0.705. The van der Waals surface area contributed by atoms with Gasteiger partial charge in [-0.25, -0.2) is 9.48 Å². The molecule has 2 aromatic rings. The van der Waals surface area contributed by atoms with Gasteiger partial charge in [-0.3, -0.25) is 9.59 Å². The molecule has 1 amide bonds. The van der Waals surface area contributed by atoms with Crippen LogP contribution >= 0.6 is 0 Å². The highest BCUT2D eigenvalue weighted by Crippen LogP contribution is 2.43. The predicted octanol–water partition coefficient (Wildman–Crippen LogP) is 2.05. The van der Waals surface area contributed by atoms with Crippen molar-refractivity contribution in [3.63, 3.8) is 0 Å². The fourth-order valence-corrected chi connectivity index (χ4v) is 3.42. The third-order valence-electron chi connectivity index (χ3n) is 5.17. The highest BCUT2D eigenvalue weighted by molar-refractivity contribution is 5.89. The minimum Gasteiger partial charge on any atom is -0.451 e. The van der Waals surface area contributed by atoms with E-state index in [-0.39, 0.29) is 29.2 Å². The molecule has 1 N–H and O–H groups in total. The van der Waals surface area contributed by atoms with E-state index in [1.165, 1.54) is 22.4 Å². The van der Waals surface area contributed by atoms with Crippen LogP contribution in [0, 0.1) is 0 Å². The Hall–Kier alpha value is -2.96. The summed E-state index contributed by atoms with van der Waals surface area (Å²) in [5.74, 6) is -1.07. The number of nitrogens with zero attached hydrogens (tertiary/aromatic N) is 2. The minimum atomic E-state index is -0.721. The van der Waals surface area contributed by atoms with E-state index < -0.39 is 5.97 Å². The lowest BCUT2D eigenvalue weighted by Gasteiger charge is -2.42. The summed E-state index contributed by atoms with van der Waals surface area (Å²) in [7, 11) is 0. The molecule has 148 valence electrons. The van der Waals surface area contributed by atoms with Crippen LogP contribution in [0.3, 0.4) is 0 Å². The number of aromatic nitrogens is 2. The maximum atomic E-state index is 12.2. The second kappa shape index (κ2) is 8.82. The van der Waals surface area contributed by atoms with Crippen molar-refractivity contribution < 1.29 is 14.3 Å². The lowest BCUT2D eigenvalue weighted by atomic mass is 9.64. The molecule has 1 saturated carbocycles. The Balaban J connectivity index is 1.52. The SMILES string of the molecule is CCCn1nc(C(=O)OCC(=O)NCC2(c3ccccc3)CCC2)ccc1=O. The summed E-state index contributed by atoms with van der Waals surface area (Å²) >= 11 is 0. The molecule has 1 aromatic heterocycles. The smallest absolute Gasteiger partial charge is 0.359 e. The zero-order valence-electron chi connectivity index (χ0n) is 16.0. The van der Waals surface area contributed by atoms with Crippen LogP contribution in [0.2, 0.25) is 0 Å². The normalized spacial score (nSPS) is 14.8. The molecule has 0 aliphatic heterocycles. The van der Waals surface area contributed by atoms with E-state index in [1.54, 1.807) is 0 Å². The fourth-order valence-electron chi connectivity index (χ4n) is 3.42. The molecule has 1 heterocycles. The summed E-state index contributed by atoms with van der Waals surface area (Å²) < 4.78 is 6.28. The molecule has 0 saturated heterocycles. The van der Waals surface area contributed by atoms with E-state index in [0.717, 1.165) is 25.7 Å². The van der Waals surface area contributed by atoms with E-state index in [1.807, 2.05) is 25.1 Å². The summed E-state index contributed by atoms with van der Waals surface area (Å²) in [5.41, 5.74) is 0.933. The van der Waals surface area contributed by atoms with Crippen molar-refractivity contribution in [1.29, 1.82) is 0 Å². The largest absolute Gasteiger partial charge is 0.451 e. The molecule has 0 spiro atoms. The molecule has 0 bridgehead atoms. The number of hydrogen-bond donors (Lipinski definition) is 1. The van der Waals surface area contributed by atoms with Crippen molar-refractivity contribution in [2.24, 2.45) is 0 Å². The van der Waals surface area contributed by atoms with E-state index in [4.69, 9.17) is 4.74 Å². The Kier molecular flexibility index (Phi) is 6.23. The van der Waals surface area contributed by atoms with Gasteiger partial charge >= 0.3 is 5.97 Å². The molecule has 7 nitrogen and oxygen atoms in total. The Morgan fingerprint density at radius 2 is 1.93 bits per heavy atom. The molecule has 0 radical (unpaired) electrons. The fraction of sp³-hybridized carbons (Fsp3) is 0.429. The molecule has 0 atom stereocenters. The van der Waals surface area contributed by atoms with Gasteiger partial charge in [0, 0.05) is 24.6 Å². The summed E-state index contributed by atoms with van der Waals surface area (Å²) in [4.78, 5) is 35.9. The van der Waals surface area contributed by atoms with Crippen molar-refractivity contribution in [2.45, 2.75) is 44.6 Å². The third kappa shape index (κ3) is 4.47. The number of rotatable bonds is 8. The molecule has 0 unspecified atom stereocenters. The van der Waals surface area contributed by atoms with Crippen molar-refractivity contribution in [2.75, 3.05) is 13.2 Å². The van der Waals surface area contributed by atoms with Gasteiger partial charge in [0.15, 0.2) is 12.3 Å². The number of aryl methyl sites for hydroxylation is 1. The number of nitrogens with one attached hydrogen (secondary N) is 1. The lowest BCUT2D eigenvalue weighted by molar-refractivity contribution is -0.124. The van der Waals surface area contributed by atoms with Crippen LogP contribution in [0.1, 0.15) is 48.7 Å². The van der Waals surface area contributed by atoms with Gasteiger partial charge in [0.05, 0.1) is 0 Å². The van der Waals surface area contributed by atoms with Gasteiger partial charge in [0.25, 0.3) is 11.5 Å². The van der Waals surface area contributed by atoms with Crippen LogP contribution in [-0.4, -0.2) is 34.8 Å². The molecule has 1 aromatic carbocycles. The van der Waals surface area contributed by atoms with Gasteiger partial charge in [0.1, 0.15) is 0 Å². The van der Waals surface area contributed by atoms with Crippen LogP contribution in [0.5, 0.6) is 0 Å². The Bertz CT molecular complexity index is 888. The molecule has 1 fully saturated rings. The Morgan fingerprint density at radius 1 is 1.18 bits per heavy atom. The summed E-state index contributed by atoms with van der Waals surface area (Å²) in [6.07, 6.45) is 3.91. The highest BCUT2D eigenvalue weighted by atomic mass is 16.5. The average Bonchev–Trinajstić information content (AvgIpc) is 2.68. The first-order valence-electron chi connectivity index (χ1n) is 9.61. The van der Waals surface area contributed by atoms with Gasteiger partial charge in [-0.05, 0) is 30.9 Å². The van der Waals surface area contributed by atoms with Crippen molar-refractivity contribution in [1.82, 2.24) is 15.1 Å². The number of carbonyl (C=O) groups is 2. The van der Waals surface area contributed by atoms with Gasteiger partial charge < -0.3 is 10.1 Å². The van der Waals surface area contributed by atoms with Crippen LogP contribution in [0.4, 0.5) is 0 Å². The average molecular weight is 383 g/mol. The number of carbonyl (C=O) groups excluding carboxylic acids is 2. The zero-order chi connectivity index (χ0) is 20.0. The summed E-state index contributed by atoms with van der Waals surface area (Å²) in [5, 5.41) is 6.86. The first-order chi connectivity index (χ1) is 13.5. The molecule has 28 heavy (non-hydrogen) atoms. The molecule has 1 aliphatic carbocycles. The Labute approximate surface area is 163 Å². The van der Waals surface area contributed by atoms with Crippen LogP contribution < -0.4 is 10.9 Å². The highest BCUT2D eigenvalue weighted by Gasteiger charge is 2.38. The number of benzene rings is 1. The lowest BCUT2D eigenvalue weighted by Crippen LogP contribution is -2.46. The monoisotopic (exact) mass is 383 g/mol. The van der Waals surface area contributed by atoms with Gasteiger partial charge in [0.2, 0.25) is 0 Å². The summed E-state index contributed by atoms with van der Waals surface area (Å²) in [6, 6.07) is 12.7. The maximum Gasteiger partial charge on any atom is 0.359 e. The summed E-state index contributed by atoms with van der Waals surface area (Å²) in [6.45, 7) is 2.47. The van der Waals surface area contributed by atoms with Crippen molar-refractivity contribution >= 4 is 11.9 Å². The third-order valence-corrected chi connectivity index (χ3v) is 5.17. The number of amides is 1. The molecule has 3 rings (SSSR count). The van der Waals surface area contributed by atoms with Crippen molar-refractivity contribution in [3.8, 4) is 0 Å². The van der Waals surface area contributed by atoms with Gasteiger partial charge in [-0.1, -0.05) is 43.7 Å². The van der Waals surface area contributed by atoms with Gasteiger partial charge in [-0.2, -0.15) is 5.10 Å². The Morgan fingerprint density at radius 3 is 2.57 bits per heavy atom. The zero-order valence-corrected chi connectivity index (χ0v) is 16.0. The first-order valence-corrected chi connectivity index (χ1v) is 9.61. The van der Waals surface area contributed by atoms with Gasteiger partial charge in [-0.15, -0.1) is 0 Å². The number of esters is 1. The predicted molar refractivity (Wildman–Crippen MR) is 104 cm³/mol. The maximum absolute atomic E-state index is 12.2. The molecular formula is C21H25N3O4. The number of ether oxygens (including phenoxy) is 1. The molecular weight excluding hydrogens is 358 g/mol. The standard InChI is InChI=1S/C21H25N3O4/c1-2-13-24-19(26)10-9-17(23-24)20(27)28-14-18(25)22-15-21(11-6-12-21)16-7-4-3-5-8-16/h3-5,7-10H,2,6,11-15H2,1H3,(H,22,25).